The summed E-state index contributed by atoms with van der Waals surface area (Å²) in [7, 11) is 1.69. The van der Waals surface area contributed by atoms with Crippen LogP contribution in [-0.4, -0.2) is 30.2 Å². The molecule has 0 saturated heterocycles. The third-order valence-corrected chi connectivity index (χ3v) is 3.48. The van der Waals surface area contributed by atoms with E-state index in [2.05, 4.69) is 26.7 Å². The highest BCUT2D eigenvalue weighted by atomic mass is 35.5. The van der Waals surface area contributed by atoms with Gasteiger partial charge >= 0.3 is 0 Å². The molecule has 0 aliphatic rings. The number of hydrogen-bond acceptors (Lipinski definition) is 5. The van der Waals surface area contributed by atoms with Gasteiger partial charge in [0.25, 0.3) is 0 Å². The zero-order chi connectivity index (χ0) is 15.9. The standard InChI is InChI=1S/C16H21ClN4O/c1-11-7-12(2)16(13(17)8-11)21-15-9-14(19-10-20-15)18-5-4-6-22-3/h7-10H,4-6H2,1-3H3,(H2,18,19,20,21). The minimum atomic E-state index is 0.686. The Morgan fingerprint density at radius 3 is 2.64 bits per heavy atom. The Morgan fingerprint density at radius 2 is 1.91 bits per heavy atom. The minimum absolute atomic E-state index is 0.686. The highest BCUT2D eigenvalue weighted by Gasteiger charge is 2.07. The number of anilines is 3. The highest BCUT2D eigenvalue weighted by Crippen LogP contribution is 2.29. The van der Waals surface area contributed by atoms with Crippen LogP contribution in [0.5, 0.6) is 0 Å². The lowest BCUT2D eigenvalue weighted by Gasteiger charge is -2.13. The lowest BCUT2D eigenvalue weighted by atomic mass is 10.1. The summed E-state index contributed by atoms with van der Waals surface area (Å²) in [5.41, 5.74) is 3.09. The Morgan fingerprint density at radius 1 is 1.14 bits per heavy atom. The summed E-state index contributed by atoms with van der Waals surface area (Å²) < 4.78 is 5.02. The van der Waals surface area contributed by atoms with Crippen molar-refractivity contribution < 1.29 is 4.74 Å². The molecule has 0 aliphatic carbocycles. The smallest absolute Gasteiger partial charge is 0.135 e. The molecule has 1 heterocycles. The summed E-state index contributed by atoms with van der Waals surface area (Å²) in [6.45, 7) is 5.57. The van der Waals surface area contributed by atoms with E-state index in [1.165, 1.54) is 6.33 Å². The maximum Gasteiger partial charge on any atom is 0.135 e. The minimum Gasteiger partial charge on any atom is -0.385 e. The van der Waals surface area contributed by atoms with Crippen molar-refractivity contribution in [1.82, 2.24) is 9.97 Å². The van der Waals surface area contributed by atoms with Crippen LogP contribution in [0.25, 0.3) is 0 Å². The molecule has 0 unspecified atom stereocenters. The predicted molar refractivity (Wildman–Crippen MR) is 91.2 cm³/mol. The fourth-order valence-electron chi connectivity index (χ4n) is 2.16. The Hall–Kier alpha value is -1.85. The van der Waals surface area contributed by atoms with Gasteiger partial charge in [-0.15, -0.1) is 0 Å². The van der Waals surface area contributed by atoms with E-state index in [4.69, 9.17) is 16.3 Å². The van der Waals surface area contributed by atoms with E-state index in [0.29, 0.717) is 10.8 Å². The molecule has 0 bridgehead atoms. The molecule has 0 radical (unpaired) electrons. The number of rotatable bonds is 7. The van der Waals surface area contributed by atoms with Crippen molar-refractivity contribution in [3.8, 4) is 0 Å². The number of nitrogens with one attached hydrogen (secondary N) is 2. The second-order valence-corrected chi connectivity index (χ2v) is 5.53. The van der Waals surface area contributed by atoms with Crippen LogP contribution in [0.3, 0.4) is 0 Å². The molecule has 2 rings (SSSR count). The topological polar surface area (TPSA) is 59.1 Å². The van der Waals surface area contributed by atoms with Crippen LogP contribution in [0.4, 0.5) is 17.3 Å². The maximum absolute atomic E-state index is 6.31. The van der Waals surface area contributed by atoms with Gasteiger partial charge in [0.2, 0.25) is 0 Å². The van der Waals surface area contributed by atoms with Crippen LogP contribution >= 0.6 is 11.6 Å². The summed E-state index contributed by atoms with van der Waals surface area (Å²) in [6.07, 6.45) is 2.45. The third kappa shape index (κ3) is 4.58. The number of ether oxygens (including phenoxy) is 1. The van der Waals surface area contributed by atoms with Crippen molar-refractivity contribution in [3.05, 3.63) is 40.7 Å². The van der Waals surface area contributed by atoms with Crippen molar-refractivity contribution in [2.24, 2.45) is 0 Å². The van der Waals surface area contributed by atoms with Gasteiger partial charge in [0.05, 0.1) is 10.7 Å². The molecule has 0 amide bonds. The lowest BCUT2D eigenvalue weighted by molar-refractivity contribution is 0.198. The van der Waals surface area contributed by atoms with E-state index >= 15 is 0 Å². The molecule has 118 valence electrons. The zero-order valence-corrected chi connectivity index (χ0v) is 13.9. The summed E-state index contributed by atoms with van der Waals surface area (Å²) in [5, 5.41) is 7.19. The maximum atomic E-state index is 6.31. The van der Waals surface area contributed by atoms with Crippen molar-refractivity contribution in [2.75, 3.05) is 30.9 Å². The first kappa shape index (κ1) is 16.5. The van der Waals surface area contributed by atoms with E-state index in [0.717, 1.165) is 42.2 Å². The zero-order valence-electron chi connectivity index (χ0n) is 13.1. The number of nitrogens with zero attached hydrogens (tertiary/aromatic N) is 2. The first-order valence-corrected chi connectivity index (χ1v) is 7.56. The number of halogens is 1. The molecule has 5 nitrogen and oxygen atoms in total. The average molecular weight is 321 g/mol. The van der Waals surface area contributed by atoms with Crippen molar-refractivity contribution in [1.29, 1.82) is 0 Å². The summed E-state index contributed by atoms with van der Waals surface area (Å²) in [5.74, 6) is 1.48. The van der Waals surface area contributed by atoms with Crippen molar-refractivity contribution in [2.45, 2.75) is 20.3 Å². The summed E-state index contributed by atoms with van der Waals surface area (Å²) in [6, 6.07) is 5.88. The van der Waals surface area contributed by atoms with E-state index in [1.807, 2.05) is 26.0 Å². The van der Waals surface area contributed by atoms with Crippen molar-refractivity contribution in [3.63, 3.8) is 0 Å². The van der Waals surface area contributed by atoms with Gasteiger partial charge in [0, 0.05) is 26.3 Å². The quantitative estimate of drug-likeness (QED) is 0.757. The van der Waals surface area contributed by atoms with Gasteiger partial charge in [0.15, 0.2) is 0 Å². The fourth-order valence-corrected chi connectivity index (χ4v) is 2.53. The van der Waals surface area contributed by atoms with Gasteiger partial charge < -0.3 is 15.4 Å². The summed E-state index contributed by atoms with van der Waals surface area (Å²) in [4.78, 5) is 8.44. The lowest BCUT2D eigenvalue weighted by Crippen LogP contribution is -2.07. The number of benzene rings is 1. The molecule has 6 heteroatoms. The molecule has 2 aromatic rings. The Balaban J connectivity index is 2.07. The van der Waals surface area contributed by atoms with Crippen LogP contribution in [0.1, 0.15) is 17.5 Å². The second-order valence-electron chi connectivity index (χ2n) is 5.13. The Bertz CT molecular complexity index is 610. The molecule has 0 atom stereocenters. The molecule has 2 N–H and O–H groups in total. The fraction of sp³-hybridized carbons (Fsp3) is 0.375. The average Bonchev–Trinajstić information content (AvgIpc) is 2.48. The van der Waals surface area contributed by atoms with Crippen LogP contribution < -0.4 is 10.6 Å². The second kappa shape index (κ2) is 7.96. The van der Waals surface area contributed by atoms with Crippen LogP contribution in [0.2, 0.25) is 5.02 Å². The Labute approximate surface area is 136 Å². The van der Waals surface area contributed by atoms with E-state index < -0.39 is 0 Å². The summed E-state index contributed by atoms with van der Waals surface area (Å²) >= 11 is 6.31. The van der Waals surface area contributed by atoms with Gasteiger partial charge in [0.1, 0.15) is 18.0 Å². The largest absolute Gasteiger partial charge is 0.385 e. The van der Waals surface area contributed by atoms with Crippen LogP contribution in [0, 0.1) is 13.8 Å². The highest BCUT2D eigenvalue weighted by molar-refractivity contribution is 6.33. The molecular formula is C16H21ClN4O. The number of aromatic nitrogens is 2. The molecule has 0 spiro atoms. The molecule has 0 saturated carbocycles. The Kier molecular flexibility index (Phi) is 5.98. The van der Waals surface area contributed by atoms with Crippen LogP contribution in [0.15, 0.2) is 24.5 Å². The SMILES string of the molecule is COCCCNc1cc(Nc2c(C)cc(C)cc2Cl)ncn1. The number of hydrogen-bond donors (Lipinski definition) is 2. The van der Waals surface area contributed by atoms with E-state index in [-0.39, 0.29) is 0 Å². The first-order valence-electron chi connectivity index (χ1n) is 7.19. The van der Waals surface area contributed by atoms with Gasteiger partial charge in [-0.2, -0.15) is 0 Å². The molecule has 0 aliphatic heterocycles. The number of aryl methyl sites for hydroxylation is 2. The molecule has 0 fully saturated rings. The normalized spacial score (nSPS) is 10.5. The van der Waals surface area contributed by atoms with Crippen molar-refractivity contribution >= 4 is 28.9 Å². The van der Waals surface area contributed by atoms with Gasteiger partial charge in [-0.05, 0) is 37.5 Å². The van der Waals surface area contributed by atoms with Gasteiger partial charge in [-0.3, -0.25) is 0 Å². The van der Waals surface area contributed by atoms with E-state index in [1.54, 1.807) is 7.11 Å². The van der Waals surface area contributed by atoms with Gasteiger partial charge in [-0.25, -0.2) is 9.97 Å². The first-order chi connectivity index (χ1) is 10.6. The van der Waals surface area contributed by atoms with Gasteiger partial charge in [-0.1, -0.05) is 17.7 Å². The molecule has 1 aromatic carbocycles. The molecule has 22 heavy (non-hydrogen) atoms. The monoisotopic (exact) mass is 320 g/mol. The van der Waals surface area contributed by atoms with E-state index in [9.17, 15) is 0 Å². The molecular weight excluding hydrogens is 300 g/mol. The third-order valence-electron chi connectivity index (χ3n) is 3.18. The number of methoxy groups -OCH3 is 1. The predicted octanol–water partition coefficient (Wildman–Crippen LogP) is 3.94. The molecule has 1 aromatic heterocycles. The van der Waals surface area contributed by atoms with Crippen LogP contribution in [-0.2, 0) is 4.74 Å².